The van der Waals surface area contributed by atoms with Crippen molar-refractivity contribution in [3.05, 3.63) is 54.4 Å². The van der Waals surface area contributed by atoms with Crippen LogP contribution in [-0.4, -0.2) is 77.1 Å². The van der Waals surface area contributed by atoms with E-state index in [1.807, 2.05) is 72.8 Å². The first kappa shape index (κ1) is 30.6. The minimum absolute atomic E-state index is 0.0386. The highest BCUT2D eigenvalue weighted by molar-refractivity contribution is 7.99. The average Bonchev–Trinajstić information content (AvgIpc) is 3.64. The summed E-state index contributed by atoms with van der Waals surface area (Å²) in [5.74, 6) is 1.86. The molecule has 4 N–H and O–H groups in total. The summed E-state index contributed by atoms with van der Waals surface area (Å²) in [6.07, 6.45) is 6.22. The Balaban J connectivity index is 1.09. The van der Waals surface area contributed by atoms with Crippen LogP contribution in [-0.2, 0) is 9.53 Å². The monoisotopic (exact) mass is 618 g/mol. The summed E-state index contributed by atoms with van der Waals surface area (Å²) in [7, 11) is 0. The highest BCUT2D eigenvalue weighted by Gasteiger charge is 2.42. The van der Waals surface area contributed by atoms with Gasteiger partial charge in [-0.05, 0) is 102 Å². The second kappa shape index (κ2) is 12.2. The van der Waals surface area contributed by atoms with Gasteiger partial charge >= 0.3 is 0 Å². The first-order valence-electron chi connectivity index (χ1n) is 15.3. The van der Waals surface area contributed by atoms with E-state index in [0.29, 0.717) is 35.5 Å². The minimum atomic E-state index is -0.951. The molecule has 234 valence electrons. The predicted molar refractivity (Wildman–Crippen MR) is 172 cm³/mol. The molecule has 2 atom stereocenters. The standard InChI is InChI=1S/C32H42N8O3S/c1-31(2,3)43-22-16-26(32(4,5)42)39(18-22)19-28(41)33-21-11-13-23(14-12-21)44-30-35-29(25-10-7-15-40(25)38-30)34-27-17-24(36-37-27)20-8-6-9-20/h7,10-15,17,20,22,26,42H,6,8-9,16,18-19H2,1-5H3,(H,33,41)(H2,34,35,36,37,38)/t22-,26+/m1/s1. The van der Waals surface area contributed by atoms with E-state index in [4.69, 9.17) is 9.72 Å². The lowest BCUT2D eigenvalue weighted by Crippen LogP contribution is -2.48. The molecule has 44 heavy (non-hydrogen) atoms. The Morgan fingerprint density at radius 3 is 2.61 bits per heavy atom. The number of hydrogen-bond donors (Lipinski definition) is 4. The van der Waals surface area contributed by atoms with E-state index >= 15 is 0 Å². The zero-order valence-corrected chi connectivity index (χ0v) is 26.8. The number of ether oxygens (including phenoxy) is 1. The Hall–Kier alpha value is -3.45. The zero-order chi connectivity index (χ0) is 31.1. The number of nitrogens with one attached hydrogen (secondary N) is 3. The molecule has 0 radical (unpaired) electrons. The smallest absolute Gasteiger partial charge is 0.238 e. The summed E-state index contributed by atoms with van der Waals surface area (Å²) in [5, 5.41) is 30.0. The minimum Gasteiger partial charge on any atom is -0.389 e. The van der Waals surface area contributed by atoms with Crippen LogP contribution >= 0.6 is 11.8 Å². The maximum atomic E-state index is 13.0. The maximum Gasteiger partial charge on any atom is 0.238 e. The average molecular weight is 619 g/mol. The molecule has 11 nitrogen and oxygen atoms in total. The van der Waals surface area contributed by atoms with Crippen LogP contribution in [0.2, 0.25) is 0 Å². The highest BCUT2D eigenvalue weighted by atomic mass is 32.2. The molecule has 4 heterocycles. The summed E-state index contributed by atoms with van der Waals surface area (Å²) in [4.78, 5) is 20.8. The molecule has 1 aromatic carbocycles. The lowest BCUT2D eigenvalue weighted by atomic mass is 9.83. The van der Waals surface area contributed by atoms with Gasteiger partial charge in [0, 0.05) is 47.0 Å². The van der Waals surface area contributed by atoms with Crippen LogP contribution in [0.15, 0.2) is 58.7 Å². The Kier molecular flexibility index (Phi) is 8.44. The molecule has 2 aliphatic rings. The van der Waals surface area contributed by atoms with Crippen molar-refractivity contribution in [3.8, 4) is 0 Å². The molecule has 12 heteroatoms. The number of carbonyl (C=O) groups is 1. The van der Waals surface area contributed by atoms with E-state index in [9.17, 15) is 9.90 Å². The largest absolute Gasteiger partial charge is 0.389 e. The molecule has 0 unspecified atom stereocenters. The van der Waals surface area contributed by atoms with E-state index in [-0.39, 0.29) is 30.2 Å². The zero-order valence-electron chi connectivity index (χ0n) is 26.0. The van der Waals surface area contributed by atoms with Crippen molar-refractivity contribution in [2.45, 2.75) is 99.6 Å². The topological polar surface area (TPSA) is 133 Å². The van der Waals surface area contributed by atoms with E-state index in [1.54, 1.807) is 13.8 Å². The predicted octanol–water partition coefficient (Wildman–Crippen LogP) is 5.58. The highest BCUT2D eigenvalue weighted by Crippen LogP contribution is 2.36. The van der Waals surface area contributed by atoms with Gasteiger partial charge in [-0.2, -0.15) is 5.10 Å². The number of aliphatic hydroxyl groups is 1. The van der Waals surface area contributed by atoms with Crippen molar-refractivity contribution >= 4 is 40.5 Å². The molecule has 0 spiro atoms. The fraction of sp³-hybridized carbons (Fsp3) is 0.500. The number of aromatic nitrogens is 5. The van der Waals surface area contributed by atoms with Crippen LogP contribution in [0, 0.1) is 0 Å². The number of aromatic amines is 1. The summed E-state index contributed by atoms with van der Waals surface area (Å²) in [6, 6.07) is 13.4. The third-order valence-electron chi connectivity index (χ3n) is 8.16. The van der Waals surface area contributed by atoms with Gasteiger partial charge in [-0.3, -0.25) is 14.8 Å². The van der Waals surface area contributed by atoms with Crippen molar-refractivity contribution in [1.29, 1.82) is 0 Å². The summed E-state index contributed by atoms with van der Waals surface area (Å²) in [5.41, 5.74) is 1.49. The van der Waals surface area contributed by atoms with Crippen molar-refractivity contribution in [2.75, 3.05) is 23.7 Å². The fourth-order valence-electron chi connectivity index (χ4n) is 5.95. The molecule has 3 aromatic heterocycles. The Morgan fingerprint density at radius 2 is 1.93 bits per heavy atom. The van der Waals surface area contributed by atoms with Crippen molar-refractivity contribution in [2.24, 2.45) is 0 Å². The van der Waals surface area contributed by atoms with E-state index in [1.165, 1.54) is 31.0 Å². The Bertz CT molecular complexity index is 1600. The first-order chi connectivity index (χ1) is 20.9. The number of rotatable bonds is 10. The quantitative estimate of drug-likeness (QED) is 0.180. The van der Waals surface area contributed by atoms with Crippen molar-refractivity contribution in [1.82, 2.24) is 29.7 Å². The molecule has 1 amide bonds. The van der Waals surface area contributed by atoms with E-state index in [0.717, 1.165) is 21.9 Å². The second-order valence-electron chi connectivity index (χ2n) is 13.4. The summed E-state index contributed by atoms with van der Waals surface area (Å²) < 4.78 is 7.99. The molecular formula is C32H42N8O3S. The second-order valence-corrected chi connectivity index (χ2v) is 14.4. The molecule has 1 aliphatic carbocycles. The number of fused-ring (bicyclic) bond motifs is 1. The van der Waals surface area contributed by atoms with Gasteiger partial charge in [0.15, 0.2) is 11.6 Å². The van der Waals surface area contributed by atoms with Gasteiger partial charge in [0.05, 0.1) is 23.9 Å². The first-order valence-corrected chi connectivity index (χ1v) is 16.1. The third-order valence-corrected chi connectivity index (χ3v) is 9.02. The van der Waals surface area contributed by atoms with E-state index < -0.39 is 5.60 Å². The number of carbonyl (C=O) groups excluding carboxylic acids is 1. The normalized spacial score (nSPS) is 19.8. The van der Waals surface area contributed by atoms with Crippen LogP contribution in [0.1, 0.15) is 71.9 Å². The van der Waals surface area contributed by atoms with Gasteiger partial charge in [0.2, 0.25) is 11.1 Å². The van der Waals surface area contributed by atoms with E-state index in [2.05, 4.69) is 32.0 Å². The van der Waals surface area contributed by atoms with Gasteiger partial charge in [0.1, 0.15) is 5.52 Å². The molecular weight excluding hydrogens is 576 g/mol. The van der Waals surface area contributed by atoms with Gasteiger partial charge < -0.3 is 20.5 Å². The fourth-order valence-corrected chi connectivity index (χ4v) is 6.70. The maximum absolute atomic E-state index is 13.0. The number of hydrogen-bond acceptors (Lipinski definition) is 9. The number of anilines is 3. The molecule has 1 aliphatic heterocycles. The number of likely N-dealkylation sites (tertiary alicyclic amines) is 1. The summed E-state index contributed by atoms with van der Waals surface area (Å²) >= 11 is 1.44. The molecule has 2 fully saturated rings. The lowest BCUT2D eigenvalue weighted by Gasteiger charge is -2.33. The number of amides is 1. The molecule has 1 saturated carbocycles. The third kappa shape index (κ3) is 7.26. The van der Waals surface area contributed by atoms with Gasteiger partial charge in [0.25, 0.3) is 0 Å². The van der Waals surface area contributed by atoms with Crippen LogP contribution in [0.3, 0.4) is 0 Å². The SMILES string of the molecule is CC(C)(C)O[C@@H]1C[C@@H](C(C)(C)O)N(CC(=O)Nc2ccc(Sc3nc(Nc4cc(C5CCC5)[nH]n4)c4cccn4n3)cc2)C1. The van der Waals surface area contributed by atoms with Crippen molar-refractivity contribution < 1.29 is 14.6 Å². The van der Waals surface area contributed by atoms with Crippen molar-refractivity contribution in [3.63, 3.8) is 0 Å². The summed E-state index contributed by atoms with van der Waals surface area (Å²) in [6.45, 7) is 10.4. The molecule has 4 aromatic rings. The Labute approximate surface area is 262 Å². The number of nitrogens with zero attached hydrogens (tertiary/aromatic N) is 5. The Morgan fingerprint density at radius 1 is 1.16 bits per heavy atom. The molecule has 1 saturated heterocycles. The van der Waals surface area contributed by atoms with Crippen LogP contribution < -0.4 is 10.6 Å². The van der Waals surface area contributed by atoms with Crippen LogP contribution in [0.4, 0.5) is 17.3 Å². The molecule has 6 rings (SSSR count). The molecule has 0 bridgehead atoms. The number of benzene rings is 1. The van der Waals surface area contributed by atoms with Gasteiger partial charge in [-0.1, -0.05) is 6.42 Å². The van der Waals surface area contributed by atoms with Gasteiger partial charge in [-0.15, -0.1) is 5.10 Å². The number of H-pyrrole nitrogens is 1. The van der Waals surface area contributed by atoms with Crippen LogP contribution in [0.5, 0.6) is 0 Å². The lowest BCUT2D eigenvalue weighted by molar-refractivity contribution is -0.118. The van der Waals surface area contributed by atoms with Crippen LogP contribution in [0.25, 0.3) is 5.52 Å². The van der Waals surface area contributed by atoms with Gasteiger partial charge in [-0.25, -0.2) is 9.50 Å².